The molecule has 0 saturated carbocycles. The molecule has 16 heavy (non-hydrogen) atoms. The van der Waals surface area contributed by atoms with Crippen molar-refractivity contribution in [2.75, 3.05) is 21.0 Å². The van der Waals surface area contributed by atoms with E-state index in [4.69, 9.17) is 14.2 Å². The van der Waals surface area contributed by atoms with E-state index >= 15 is 0 Å². The molecule has 0 aromatic heterocycles. The van der Waals surface area contributed by atoms with Crippen LogP contribution in [0.4, 0.5) is 0 Å². The molecule has 0 N–H and O–H groups in total. The third kappa shape index (κ3) is 1.95. The van der Waals surface area contributed by atoms with Crippen LogP contribution in [-0.2, 0) is 4.74 Å². The molecule has 2 aromatic rings. The van der Waals surface area contributed by atoms with E-state index in [9.17, 15) is 0 Å². The summed E-state index contributed by atoms with van der Waals surface area (Å²) >= 11 is 0. The second-order valence-corrected chi connectivity index (χ2v) is 3.36. The Morgan fingerprint density at radius 1 is 0.875 bits per heavy atom. The summed E-state index contributed by atoms with van der Waals surface area (Å²) in [4.78, 5) is 0. The van der Waals surface area contributed by atoms with Gasteiger partial charge in [-0.05, 0) is 12.1 Å². The van der Waals surface area contributed by atoms with E-state index in [1.807, 2.05) is 36.4 Å². The fraction of sp³-hybridized carbons (Fsp3) is 0.231. The highest BCUT2D eigenvalue weighted by Crippen LogP contribution is 2.31. The van der Waals surface area contributed by atoms with Gasteiger partial charge in [-0.25, -0.2) is 0 Å². The predicted molar refractivity (Wildman–Crippen MR) is 63.0 cm³/mol. The maximum atomic E-state index is 5.49. The van der Waals surface area contributed by atoms with Crippen molar-refractivity contribution in [2.24, 2.45) is 0 Å². The molecule has 0 aliphatic rings. The van der Waals surface area contributed by atoms with Crippen LogP contribution in [0.15, 0.2) is 36.4 Å². The van der Waals surface area contributed by atoms with Crippen molar-refractivity contribution in [3.05, 3.63) is 36.4 Å². The highest BCUT2D eigenvalue weighted by atomic mass is 16.7. The van der Waals surface area contributed by atoms with Gasteiger partial charge in [-0.1, -0.05) is 24.3 Å². The molecule has 3 heteroatoms. The lowest BCUT2D eigenvalue weighted by molar-refractivity contribution is 0.0522. The minimum absolute atomic E-state index is 0.246. The number of ether oxygens (including phenoxy) is 3. The summed E-state index contributed by atoms with van der Waals surface area (Å²) in [5.74, 6) is 1.65. The topological polar surface area (TPSA) is 27.7 Å². The Labute approximate surface area is 94.5 Å². The molecule has 0 fully saturated rings. The minimum Gasteiger partial charge on any atom is -0.496 e. The fourth-order valence-corrected chi connectivity index (χ4v) is 1.68. The van der Waals surface area contributed by atoms with Crippen molar-refractivity contribution in [3.63, 3.8) is 0 Å². The molecule has 0 amide bonds. The van der Waals surface area contributed by atoms with Gasteiger partial charge in [0.15, 0.2) is 6.79 Å². The Balaban J connectivity index is 2.51. The van der Waals surface area contributed by atoms with E-state index in [-0.39, 0.29) is 6.79 Å². The zero-order chi connectivity index (χ0) is 11.4. The third-order valence-corrected chi connectivity index (χ3v) is 2.39. The van der Waals surface area contributed by atoms with Crippen LogP contribution >= 0.6 is 0 Å². The molecule has 3 nitrogen and oxygen atoms in total. The molecular weight excluding hydrogens is 204 g/mol. The molecule has 0 atom stereocenters. The van der Waals surface area contributed by atoms with Gasteiger partial charge in [0.05, 0.1) is 7.11 Å². The van der Waals surface area contributed by atoms with Gasteiger partial charge in [-0.3, -0.25) is 0 Å². The SMILES string of the molecule is COCOc1cccc2c(OC)cccc12. The maximum absolute atomic E-state index is 5.49. The molecule has 0 aliphatic carbocycles. The Morgan fingerprint density at radius 2 is 1.50 bits per heavy atom. The van der Waals surface area contributed by atoms with Crippen LogP contribution in [0.1, 0.15) is 0 Å². The van der Waals surface area contributed by atoms with E-state index in [2.05, 4.69) is 0 Å². The molecular formula is C13H14O3. The second-order valence-electron chi connectivity index (χ2n) is 3.36. The molecule has 2 rings (SSSR count). The van der Waals surface area contributed by atoms with Gasteiger partial charge in [-0.2, -0.15) is 0 Å². The average Bonchev–Trinajstić information content (AvgIpc) is 2.35. The van der Waals surface area contributed by atoms with Gasteiger partial charge in [0.2, 0.25) is 0 Å². The Morgan fingerprint density at radius 3 is 2.12 bits per heavy atom. The third-order valence-electron chi connectivity index (χ3n) is 2.39. The Bertz CT molecular complexity index is 480. The predicted octanol–water partition coefficient (Wildman–Crippen LogP) is 2.83. The fourth-order valence-electron chi connectivity index (χ4n) is 1.68. The van der Waals surface area contributed by atoms with Gasteiger partial charge >= 0.3 is 0 Å². The molecule has 0 bridgehead atoms. The van der Waals surface area contributed by atoms with E-state index in [1.165, 1.54) is 0 Å². The number of rotatable bonds is 4. The van der Waals surface area contributed by atoms with Gasteiger partial charge in [0.25, 0.3) is 0 Å². The number of fused-ring (bicyclic) bond motifs is 1. The van der Waals surface area contributed by atoms with Crippen LogP contribution in [0.2, 0.25) is 0 Å². The summed E-state index contributed by atoms with van der Waals surface area (Å²) in [5, 5.41) is 2.07. The monoisotopic (exact) mass is 218 g/mol. The number of methoxy groups -OCH3 is 2. The summed E-state index contributed by atoms with van der Waals surface area (Å²) in [6, 6.07) is 11.7. The van der Waals surface area contributed by atoms with Crippen LogP contribution < -0.4 is 9.47 Å². The summed E-state index contributed by atoms with van der Waals surface area (Å²) in [7, 11) is 3.27. The normalized spacial score (nSPS) is 10.4. The summed E-state index contributed by atoms with van der Waals surface area (Å²) in [6.45, 7) is 0.246. The van der Waals surface area contributed by atoms with Crippen molar-refractivity contribution < 1.29 is 14.2 Å². The lowest BCUT2D eigenvalue weighted by Crippen LogP contribution is -1.99. The van der Waals surface area contributed by atoms with Crippen LogP contribution in [-0.4, -0.2) is 21.0 Å². The van der Waals surface area contributed by atoms with Crippen LogP contribution in [0.25, 0.3) is 10.8 Å². The lowest BCUT2D eigenvalue weighted by Gasteiger charge is -2.10. The van der Waals surface area contributed by atoms with Crippen LogP contribution in [0, 0.1) is 0 Å². The molecule has 0 radical (unpaired) electrons. The van der Waals surface area contributed by atoms with Gasteiger partial charge in [-0.15, -0.1) is 0 Å². The van der Waals surface area contributed by atoms with Crippen molar-refractivity contribution in [1.29, 1.82) is 0 Å². The minimum atomic E-state index is 0.246. The standard InChI is InChI=1S/C13H14O3/c1-14-9-16-13-8-4-5-10-11(13)6-3-7-12(10)15-2/h3-8H,9H2,1-2H3. The maximum Gasteiger partial charge on any atom is 0.188 e. The highest BCUT2D eigenvalue weighted by Gasteiger charge is 2.05. The molecule has 84 valence electrons. The molecule has 0 aliphatic heterocycles. The average molecular weight is 218 g/mol. The Hall–Kier alpha value is -1.74. The first-order valence-electron chi connectivity index (χ1n) is 5.04. The molecule has 2 aromatic carbocycles. The van der Waals surface area contributed by atoms with Gasteiger partial charge in [0, 0.05) is 17.9 Å². The molecule has 0 heterocycles. The van der Waals surface area contributed by atoms with E-state index in [1.54, 1.807) is 14.2 Å². The van der Waals surface area contributed by atoms with Gasteiger partial charge < -0.3 is 14.2 Å². The number of benzene rings is 2. The zero-order valence-electron chi connectivity index (χ0n) is 9.40. The van der Waals surface area contributed by atoms with Crippen molar-refractivity contribution >= 4 is 10.8 Å². The smallest absolute Gasteiger partial charge is 0.188 e. The van der Waals surface area contributed by atoms with E-state index in [0.717, 1.165) is 22.3 Å². The first-order chi connectivity index (χ1) is 7.86. The van der Waals surface area contributed by atoms with E-state index in [0.29, 0.717) is 0 Å². The first-order valence-corrected chi connectivity index (χ1v) is 5.04. The summed E-state index contributed by atoms with van der Waals surface area (Å²) < 4.78 is 15.7. The van der Waals surface area contributed by atoms with Crippen LogP contribution in [0.5, 0.6) is 11.5 Å². The zero-order valence-corrected chi connectivity index (χ0v) is 9.40. The molecule has 0 unspecified atom stereocenters. The molecule has 0 spiro atoms. The van der Waals surface area contributed by atoms with Crippen molar-refractivity contribution in [1.82, 2.24) is 0 Å². The van der Waals surface area contributed by atoms with Gasteiger partial charge in [0.1, 0.15) is 11.5 Å². The molecule has 0 saturated heterocycles. The number of hydrogen-bond donors (Lipinski definition) is 0. The lowest BCUT2D eigenvalue weighted by atomic mass is 10.1. The quantitative estimate of drug-likeness (QED) is 0.738. The second kappa shape index (κ2) is 4.86. The van der Waals surface area contributed by atoms with Crippen molar-refractivity contribution in [2.45, 2.75) is 0 Å². The van der Waals surface area contributed by atoms with Crippen LogP contribution in [0.3, 0.4) is 0 Å². The number of hydrogen-bond acceptors (Lipinski definition) is 3. The first kappa shape index (κ1) is 10.8. The summed E-state index contributed by atoms with van der Waals surface area (Å²) in [5.41, 5.74) is 0. The van der Waals surface area contributed by atoms with E-state index < -0.39 is 0 Å². The van der Waals surface area contributed by atoms with Crippen molar-refractivity contribution in [3.8, 4) is 11.5 Å². The highest BCUT2D eigenvalue weighted by molar-refractivity contribution is 5.93. The largest absolute Gasteiger partial charge is 0.496 e. The Kier molecular flexibility index (Phi) is 3.27. The summed E-state index contributed by atoms with van der Waals surface area (Å²) in [6.07, 6.45) is 0.